The van der Waals surface area contributed by atoms with Gasteiger partial charge in [-0.2, -0.15) is 0 Å². The van der Waals surface area contributed by atoms with E-state index in [0.717, 1.165) is 42.8 Å². The zero-order valence-corrected chi connectivity index (χ0v) is 14.8. The molecule has 1 fully saturated rings. The summed E-state index contributed by atoms with van der Waals surface area (Å²) in [6, 6.07) is 11.6. The van der Waals surface area contributed by atoms with Crippen LogP contribution in [-0.2, 0) is 6.54 Å². The lowest BCUT2D eigenvalue weighted by molar-refractivity contribution is 0.183. The highest BCUT2D eigenvalue weighted by Crippen LogP contribution is 2.25. The summed E-state index contributed by atoms with van der Waals surface area (Å²) >= 11 is 0. The van der Waals surface area contributed by atoms with Crippen LogP contribution in [0, 0.1) is 18.6 Å². The molecule has 2 aromatic carbocycles. The largest absolute Gasteiger partial charge is 0.291 e. The van der Waals surface area contributed by atoms with Gasteiger partial charge in [-0.25, -0.2) is 8.78 Å². The minimum absolute atomic E-state index is 0.210. The van der Waals surface area contributed by atoms with Gasteiger partial charge in [0.25, 0.3) is 0 Å². The van der Waals surface area contributed by atoms with Crippen LogP contribution >= 0.6 is 0 Å². The van der Waals surface area contributed by atoms with Crippen molar-refractivity contribution in [2.75, 3.05) is 6.54 Å². The van der Waals surface area contributed by atoms with Crippen molar-refractivity contribution in [1.82, 2.24) is 4.90 Å². The fraction of sp³-hybridized carbons (Fsp3) is 0.381. The van der Waals surface area contributed by atoms with Gasteiger partial charge in [0.15, 0.2) is 0 Å². The normalized spacial score (nSPS) is 19.2. The first-order chi connectivity index (χ1) is 12.0. The minimum atomic E-state index is -0.260. The maximum absolute atomic E-state index is 13.5. The molecule has 1 aliphatic rings. The Morgan fingerprint density at radius 2 is 1.80 bits per heavy atom. The third-order valence-corrected chi connectivity index (χ3v) is 4.86. The number of hydrogen-bond acceptors (Lipinski definition) is 2. The molecule has 25 heavy (non-hydrogen) atoms. The van der Waals surface area contributed by atoms with Crippen molar-refractivity contribution < 1.29 is 8.78 Å². The molecule has 132 valence electrons. The van der Waals surface area contributed by atoms with E-state index in [9.17, 15) is 8.78 Å². The Labute approximate surface area is 148 Å². The molecule has 0 aliphatic carbocycles. The van der Waals surface area contributed by atoms with E-state index in [4.69, 9.17) is 4.99 Å². The van der Waals surface area contributed by atoms with Crippen molar-refractivity contribution in [3.05, 3.63) is 65.2 Å². The van der Waals surface area contributed by atoms with Crippen LogP contribution in [-0.4, -0.2) is 23.2 Å². The number of benzene rings is 2. The zero-order valence-electron chi connectivity index (χ0n) is 14.8. The molecule has 0 aromatic heterocycles. The molecule has 4 heteroatoms. The summed E-state index contributed by atoms with van der Waals surface area (Å²) in [5.41, 5.74) is 3.78. The summed E-state index contributed by atoms with van der Waals surface area (Å²) in [6.07, 6.45) is 3.37. The molecule has 3 rings (SSSR count). The molecule has 0 N–H and O–H groups in total. The SMILES string of the molecule is CC(=Nc1cc(F)ccc1C)C1CCCCN1Cc1ccc(F)cc1. The quantitative estimate of drug-likeness (QED) is 0.677. The summed E-state index contributed by atoms with van der Waals surface area (Å²) in [7, 11) is 0. The fourth-order valence-corrected chi connectivity index (χ4v) is 3.45. The molecule has 0 bridgehead atoms. The van der Waals surface area contributed by atoms with Crippen LogP contribution < -0.4 is 0 Å². The van der Waals surface area contributed by atoms with E-state index in [-0.39, 0.29) is 17.7 Å². The Morgan fingerprint density at radius 3 is 2.56 bits per heavy atom. The highest BCUT2D eigenvalue weighted by atomic mass is 19.1. The summed E-state index contributed by atoms with van der Waals surface area (Å²) in [5.74, 6) is -0.470. The lowest BCUT2D eigenvalue weighted by Crippen LogP contribution is -2.43. The molecule has 1 aliphatic heterocycles. The summed E-state index contributed by atoms with van der Waals surface area (Å²) in [5, 5.41) is 0. The Hall–Kier alpha value is -2.07. The van der Waals surface area contributed by atoms with Gasteiger partial charge in [0.1, 0.15) is 11.6 Å². The summed E-state index contributed by atoms with van der Waals surface area (Å²) < 4.78 is 26.6. The summed E-state index contributed by atoms with van der Waals surface area (Å²) in [4.78, 5) is 7.12. The van der Waals surface area contributed by atoms with Gasteiger partial charge in [0.05, 0.1) is 5.69 Å². The highest BCUT2D eigenvalue weighted by molar-refractivity contribution is 5.89. The van der Waals surface area contributed by atoms with Gasteiger partial charge in [-0.05, 0) is 68.6 Å². The van der Waals surface area contributed by atoms with Gasteiger partial charge in [0.2, 0.25) is 0 Å². The van der Waals surface area contributed by atoms with E-state index in [1.165, 1.54) is 30.7 Å². The van der Waals surface area contributed by atoms with Crippen molar-refractivity contribution in [2.24, 2.45) is 4.99 Å². The predicted molar refractivity (Wildman–Crippen MR) is 98.4 cm³/mol. The fourth-order valence-electron chi connectivity index (χ4n) is 3.45. The molecular formula is C21H24F2N2. The first-order valence-electron chi connectivity index (χ1n) is 8.83. The first kappa shape index (κ1) is 17.7. The lowest BCUT2D eigenvalue weighted by atomic mass is 9.97. The second-order valence-corrected chi connectivity index (χ2v) is 6.79. The smallest absolute Gasteiger partial charge is 0.125 e. The van der Waals surface area contributed by atoms with E-state index < -0.39 is 0 Å². The van der Waals surface area contributed by atoms with Crippen LogP contribution in [0.2, 0.25) is 0 Å². The van der Waals surface area contributed by atoms with Crippen molar-refractivity contribution >= 4 is 11.4 Å². The average molecular weight is 342 g/mol. The number of rotatable bonds is 4. The third kappa shape index (κ3) is 4.51. The predicted octanol–water partition coefficient (Wildman–Crippen LogP) is 5.42. The minimum Gasteiger partial charge on any atom is -0.291 e. The van der Waals surface area contributed by atoms with Gasteiger partial charge in [-0.3, -0.25) is 9.89 Å². The van der Waals surface area contributed by atoms with Gasteiger partial charge >= 0.3 is 0 Å². The second kappa shape index (κ2) is 7.87. The number of hydrogen-bond donors (Lipinski definition) is 0. The van der Waals surface area contributed by atoms with E-state index >= 15 is 0 Å². The molecule has 0 radical (unpaired) electrons. The van der Waals surface area contributed by atoms with E-state index in [1.807, 2.05) is 26.0 Å². The second-order valence-electron chi connectivity index (χ2n) is 6.79. The number of nitrogens with zero attached hydrogens (tertiary/aromatic N) is 2. The van der Waals surface area contributed by atoms with Crippen LogP contribution in [0.4, 0.5) is 14.5 Å². The van der Waals surface area contributed by atoms with Crippen LogP contribution in [0.5, 0.6) is 0 Å². The Morgan fingerprint density at radius 1 is 1.08 bits per heavy atom. The average Bonchev–Trinajstić information content (AvgIpc) is 2.60. The Bertz CT molecular complexity index is 753. The van der Waals surface area contributed by atoms with E-state index in [2.05, 4.69) is 4.90 Å². The molecule has 2 aromatic rings. The first-order valence-corrected chi connectivity index (χ1v) is 8.83. The number of halogens is 2. The number of aliphatic imine (C=N–C) groups is 1. The standard InChI is InChI=1S/C21H24F2N2/c1-15-6-9-19(23)13-20(15)24-16(2)21-5-3-4-12-25(21)14-17-7-10-18(22)11-8-17/h6-11,13,21H,3-5,12,14H2,1-2H3. The Balaban J connectivity index is 1.80. The van der Waals surface area contributed by atoms with Crippen LogP contribution in [0.3, 0.4) is 0 Å². The van der Waals surface area contributed by atoms with Crippen LogP contribution in [0.15, 0.2) is 47.5 Å². The van der Waals surface area contributed by atoms with Crippen molar-refractivity contribution in [3.8, 4) is 0 Å². The van der Waals surface area contributed by atoms with Gasteiger partial charge in [0, 0.05) is 18.3 Å². The number of aryl methyl sites for hydroxylation is 1. The molecule has 1 unspecified atom stereocenters. The van der Waals surface area contributed by atoms with Crippen molar-refractivity contribution in [3.63, 3.8) is 0 Å². The van der Waals surface area contributed by atoms with E-state index in [0.29, 0.717) is 5.69 Å². The van der Waals surface area contributed by atoms with Crippen LogP contribution in [0.1, 0.15) is 37.3 Å². The van der Waals surface area contributed by atoms with Crippen LogP contribution in [0.25, 0.3) is 0 Å². The van der Waals surface area contributed by atoms with E-state index in [1.54, 1.807) is 6.07 Å². The topological polar surface area (TPSA) is 15.6 Å². The molecular weight excluding hydrogens is 318 g/mol. The molecule has 2 nitrogen and oxygen atoms in total. The van der Waals surface area contributed by atoms with Crippen molar-refractivity contribution in [1.29, 1.82) is 0 Å². The molecule has 1 heterocycles. The lowest BCUT2D eigenvalue weighted by Gasteiger charge is -2.35. The Kier molecular flexibility index (Phi) is 5.59. The zero-order chi connectivity index (χ0) is 17.8. The highest BCUT2D eigenvalue weighted by Gasteiger charge is 2.25. The number of likely N-dealkylation sites (tertiary alicyclic amines) is 1. The monoisotopic (exact) mass is 342 g/mol. The molecule has 1 atom stereocenters. The molecule has 0 saturated carbocycles. The maximum Gasteiger partial charge on any atom is 0.125 e. The summed E-state index contributed by atoms with van der Waals surface area (Å²) in [6.45, 7) is 5.75. The van der Waals surface area contributed by atoms with Gasteiger partial charge < -0.3 is 0 Å². The number of piperidine rings is 1. The van der Waals surface area contributed by atoms with Crippen molar-refractivity contribution in [2.45, 2.75) is 45.7 Å². The molecule has 0 amide bonds. The van der Waals surface area contributed by atoms with Gasteiger partial charge in [-0.1, -0.05) is 24.6 Å². The molecule has 1 saturated heterocycles. The third-order valence-electron chi connectivity index (χ3n) is 4.86. The van der Waals surface area contributed by atoms with Gasteiger partial charge in [-0.15, -0.1) is 0 Å². The maximum atomic E-state index is 13.5. The molecule has 0 spiro atoms.